The lowest BCUT2D eigenvalue weighted by molar-refractivity contribution is 0.226. The Bertz CT molecular complexity index is 78.2. The summed E-state index contributed by atoms with van der Waals surface area (Å²) in [5.41, 5.74) is 0. The number of nitrogens with zero attached hydrogens (tertiary/aromatic N) is 1. The number of hydrogen-bond acceptors (Lipinski definition) is 2. The first-order chi connectivity index (χ1) is 4.33. The maximum Gasteiger partial charge on any atom is 0.0411 e. The van der Waals surface area contributed by atoms with Crippen molar-refractivity contribution in [1.82, 2.24) is 4.90 Å². The average molecular weight is 145 g/mol. The van der Waals surface area contributed by atoms with E-state index >= 15 is 0 Å². The average Bonchev–Trinajstić information content (AvgIpc) is 1.78. The van der Waals surface area contributed by atoms with Crippen LogP contribution in [0, 0.1) is 5.92 Å². The molecule has 0 N–H and O–H groups in total. The van der Waals surface area contributed by atoms with E-state index in [0.29, 0.717) is 0 Å². The summed E-state index contributed by atoms with van der Waals surface area (Å²) in [5, 5.41) is 0. The standard InChI is InChI=1S/C7H15NS/c1-8(6-9)5-7-3-2-4-7/h7,9H,2-6H2,1H3. The van der Waals surface area contributed by atoms with Crippen molar-refractivity contribution in [3.05, 3.63) is 0 Å². The molecular formula is C7H15NS. The molecule has 1 saturated carbocycles. The zero-order valence-electron chi connectivity index (χ0n) is 6.01. The summed E-state index contributed by atoms with van der Waals surface area (Å²) in [6.07, 6.45) is 4.33. The fraction of sp³-hybridized carbons (Fsp3) is 1.00. The van der Waals surface area contributed by atoms with E-state index in [1.165, 1.54) is 25.8 Å². The molecule has 0 heterocycles. The molecule has 0 atom stereocenters. The number of hydrogen-bond donors (Lipinski definition) is 1. The highest BCUT2D eigenvalue weighted by atomic mass is 32.1. The van der Waals surface area contributed by atoms with E-state index < -0.39 is 0 Å². The van der Waals surface area contributed by atoms with Crippen LogP contribution in [0.2, 0.25) is 0 Å². The van der Waals surface area contributed by atoms with Gasteiger partial charge < -0.3 is 0 Å². The zero-order chi connectivity index (χ0) is 6.69. The van der Waals surface area contributed by atoms with Gasteiger partial charge in [-0.05, 0) is 25.8 Å². The van der Waals surface area contributed by atoms with Crippen molar-refractivity contribution in [2.24, 2.45) is 5.92 Å². The Kier molecular flexibility index (Phi) is 2.86. The Morgan fingerprint density at radius 2 is 2.22 bits per heavy atom. The van der Waals surface area contributed by atoms with Gasteiger partial charge in [0.05, 0.1) is 0 Å². The number of thiol groups is 1. The van der Waals surface area contributed by atoms with Crippen LogP contribution >= 0.6 is 12.6 Å². The Morgan fingerprint density at radius 1 is 1.56 bits per heavy atom. The van der Waals surface area contributed by atoms with Gasteiger partial charge in [0.25, 0.3) is 0 Å². The topological polar surface area (TPSA) is 3.24 Å². The predicted octanol–water partition coefficient (Wildman–Crippen LogP) is 1.61. The maximum atomic E-state index is 4.18. The summed E-state index contributed by atoms with van der Waals surface area (Å²) in [6, 6.07) is 0. The lowest BCUT2D eigenvalue weighted by atomic mass is 9.85. The molecule has 1 aliphatic carbocycles. The van der Waals surface area contributed by atoms with Crippen molar-refractivity contribution in [3.63, 3.8) is 0 Å². The van der Waals surface area contributed by atoms with Gasteiger partial charge in [0.15, 0.2) is 0 Å². The SMILES string of the molecule is CN(CS)CC1CCC1. The molecule has 54 valence electrons. The summed E-state index contributed by atoms with van der Waals surface area (Å²) in [4.78, 5) is 2.27. The second-order valence-corrected chi connectivity index (χ2v) is 3.26. The fourth-order valence-electron chi connectivity index (χ4n) is 1.17. The van der Waals surface area contributed by atoms with Gasteiger partial charge in [0, 0.05) is 12.4 Å². The van der Waals surface area contributed by atoms with Crippen molar-refractivity contribution in [2.45, 2.75) is 19.3 Å². The summed E-state index contributed by atoms with van der Waals surface area (Å²) < 4.78 is 0. The third-order valence-corrected chi connectivity index (χ3v) is 2.52. The van der Waals surface area contributed by atoms with Crippen LogP contribution < -0.4 is 0 Å². The highest BCUT2D eigenvalue weighted by molar-refractivity contribution is 7.80. The molecule has 0 amide bonds. The molecule has 2 heteroatoms. The molecule has 0 bridgehead atoms. The third kappa shape index (κ3) is 2.18. The Labute approximate surface area is 62.8 Å². The van der Waals surface area contributed by atoms with E-state index in [1.54, 1.807) is 0 Å². The minimum atomic E-state index is 0.899. The zero-order valence-corrected chi connectivity index (χ0v) is 6.90. The molecule has 1 fully saturated rings. The van der Waals surface area contributed by atoms with Gasteiger partial charge in [-0.2, -0.15) is 12.6 Å². The summed E-state index contributed by atoms with van der Waals surface area (Å²) in [6.45, 7) is 1.25. The maximum absolute atomic E-state index is 4.18. The highest BCUT2D eigenvalue weighted by Gasteiger charge is 2.17. The van der Waals surface area contributed by atoms with Gasteiger partial charge >= 0.3 is 0 Å². The summed E-state index contributed by atoms with van der Waals surface area (Å²) in [5.74, 6) is 1.89. The van der Waals surface area contributed by atoms with Gasteiger partial charge in [-0.1, -0.05) is 6.42 Å². The summed E-state index contributed by atoms with van der Waals surface area (Å²) >= 11 is 4.18. The van der Waals surface area contributed by atoms with Crippen molar-refractivity contribution in [1.29, 1.82) is 0 Å². The summed E-state index contributed by atoms with van der Waals surface area (Å²) in [7, 11) is 2.13. The van der Waals surface area contributed by atoms with E-state index in [2.05, 4.69) is 24.6 Å². The van der Waals surface area contributed by atoms with Gasteiger partial charge in [0.2, 0.25) is 0 Å². The van der Waals surface area contributed by atoms with Gasteiger partial charge in [-0.3, -0.25) is 4.90 Å². The van der Waals surface area contributed by atoms with Gasteiger partial charge in [-0.15, -0.1) is 0 Å². The van der Waals surface area contributed by atoms with Crippen LogP contribution in [-0.4, -0.2) is 24.4 Å². The number of rotatable bonds is 3. The van der Waals surface area contributed by atoms with E-state index in [1.807, 2.05) is 0 Å². The molecule has 1 aliphatic rings. The molecule has 0 aromatic carbocycles. The molecule has 0 spiro atoms. The molecule has 0 aliphatic heterocycles. The van der Waals surface area contributed by atoms with Gasteiger partial charge in [-0.25, -0.2) is 0 Å². The minimum absolute atomic E-state index is 0.899. The molecule has 1 rings (SSSR count). The quantitative estimate of drug-likeness (QED) is 0.466. The Hall–Kier alpha value is 0.310. The fourth-order valence-corrected chi connectivity index (χ4v) is 1.29. The Balaban J connectivity index is 2.01. The molecule has 9 heavy (non-hydrogen) atoms. The van der Waals surface area contributed by atoms with Crippen LogP contribution in [0.25, 0.3) is 0 Å². The normalized spacial score (nSPS) is 20.3. The molecule has 0 aromatic rings. The van der Waals surface area contributed by atoms with E-state index in [0.717, 1.165) is 11.8 Å². The minimum Gasteiger partial charge on any atom is -0.297 e. The van der Waals surface area contributed by atoms with E-state index in [-0.39, 0.29) is 0 Å². The molecule has 0 unspecified atom stereocenters. The van der Waals surface area contributed by atoms with E-state index in [9.17, 15) is 0 Å². The highest BCUT2D eigenvalue weighted by Crippen LogP contribution is 2.26. The van der Waals surface area contributed by atoms with Crippen molar-refractivity contribution < 1.29 is 0 Å². The van der Waals surface area contributed by atoms with Crippen LogP contribution in [0.1, 0.15) is 19.3 Å². The van der Waals surface area contributed by atoms with Gasteiger partial charge in [0.1, 0.15) is 0 Å². The van der Waals surface area contributed by atoms with Crippen LogP contribution in [0.4, 0.5) is 0 Å². The molecular weight excluding hydrogens is 130 g/mol. The Morgan fingerprint density at radius 3 is 2.56 bits per heavy atom. The first-order valence-electron chi connectivity index (χ1n) is 3.62. The van der Waals surface area contributed by atoms with Crippen LogP contribution in [0.3, 0.4) is 0 Å². The monoisotopic (exact) mass is 145 g/mol. The van der Waals surface area contributed by atoms with Crippen molar-refractivity contribution in [2.75, 3.05) is 19.5 Å². The van der Waals surface area contributed by atoms with Crippen LogP contribution in [0.15, 0.2) is 0 Å². The third-order valence-electron chi connectivity index (χ3n) is 2.04. The lowest BCUT2D eigenvalue weighted by Gasteiger charge is -2.29. The first kappa shape index (κ1) is 7.42. The molecule has 0 saturated heterocycles. The smallest absolute Gasteiger partial charge is 0.0411 e. The molecule has 0 aromatic heterocycles. The molecule has 1 nitrogen and oxygen atoms in total. The van der Waals surface area contributed by atoms with Crippen LogP contribution in [0.5, 0.6) is 0 Å². The second-order valence-electron chi connectivity index (χ2n) is 2.98. The second kappa shape index (κ2) is 3.47. The van der Waals surface area contributed by atoms with E-state index in [4.69, 9.17) is 0 Å². The van der Waals surface area contributed by atoms with Crippen molar-refractivity contribution >= 4 is 12.6 Å². The van der Waals surface area contributed by atoms with Crippen molar-refractivity contribution in [3.8, 4) is 0 Å². The molecule has 0 radical (unpaired) electrons. The predicted molar refractivity (Wildman–Crippen MR) is 43.8 cm³/mol. The van der Waals surface area contributed by atoms with Crippen LogP contribution in [-0.2, 0) is 0 Å². The lowest BCUT2D eigenvalue weighted by Crippen LogP contribution is -2.28. The largest absolute Gasteiger partial charge is 0.297 e. The first-order valence-corrected chi connectivity index (χ1v) is 4.25.